The highest BCUT2D eigenvalue weighted by Crippen LogP contribution is 2.11. The molecule has 0 saturated heterocycles. The minimum absolute atomic E-state index is 0.126. The standard InChI is InChI=1S/C13H9ClN2O3/c14-10-5-6-11(15-7-10)16-12(17)8-1-3-9(4-2-8)13(18)19/h1-7H,(H,18,19)(H,15,16,17). The molecule has 0 aliphatic rings. The molecule has 1 amide bonds. The Morgan fingerprint density at radius 1 is 1.05 bits per heavy atom. The molecule has 19 heavy (non-hydrogen) atoms. The first-order valence-corrected chi connectivity index (χ1v) is 5.70. The zero-order chi connectivity index (χ0) is 13.8. The van der Waals surface area contributed by atoms with Gasteiger partial charge in [0.2, 0.25) is 0 Å². The number of amides is 1. The van der Waals surface area contributed by atoms with E-state index in [9.17, 15) is 9.59 Å². The van der Waals surface area contributed by atoms with Crippen molar-refractivity contribution in [2.24, 2.45) is 0 Å². The molecule has 2 aromatic rings. The molecule has 6 heteroatoms. The van der Waals surface area contributed by atoms with Crippen molar-refractivity contribution in [3.8, 4) is 0 Å². The van der Waals surface area contributed by atoms with Crippen LogP contribution >= 0.6 is 11.6 Å². The molecule has 0 unspecified atom stereocenters. The van der Waals surface area contributed by atoms with Gasteiger partial charge in [-0.2, -0.15) is 0 Å². The molecule has 1 aromatic carbocycles. The summed E-state index contributed by atoms with van der Waals surface area (Å²) in [5, 5.41) is 11.8. The summed E-state index contributed by atoms with van der Waals surface area (Å²) in [6, 6.07) is 8.80. The number of anilines is 1. The molecule has 0 spiro atoms. The molecule has 2 N–H and O–H groups in total. The van der Waals surface area contributed by atoms with Crippen molar-refractivity contribution in [2.45, 2.75) is 0 Å². The van der Waals surface area contributed by atoms with E-state index in [1.807, 2.05) is 0 Å². The summed E-state index contributed by atoms with van der Waals surface area (Å²) in [7, 11) is 0. The number of nitrogens with zero attached hydrogens (tertiary/aromatic N) is 1. The van der Waals surface area contributed by atoms with Gasteiger partial charge in [0.1, 0.15) is 5.82 Å². The fourth-order valence-corrected chi connectivity index (χ4v) is 1.51. The normalized spacial score (nSPS) is 9.95. The van der Waals surface area contributed by atoms with Crippen LogP contribution in [0.5, 0.6) is 0 Å². The van der Waals surface area contributed by atoms with Crippen LogP contribution in [0.25, 0.3) is 0 Å². The summed E-state index contributed by atoms with van der Waals surface area (Å²) >= 11 is 5.68. The summed E-state index contributed by atoms with van der Waals surface area (Å²) in [4.78, 5) is 26.5. The number of aromatic nitrogens is 1. The van der Waals surface area contributed by atoms with Crippen molar-refractivity contribution in [2.75, 3.05) is 5.32 Å². The van der Waals surface area contributed by atoms with E-state index < -0.39 is 5.97 Å². The summed E-state index contributed by atoms with van der Waals surface area (Å²) in [5.41, 5.74) is 0.475. The van der Waals surface area contributed by atoms with Crippen LogP contribution in [0.1, 0.15) is 20.7 Å². The van der Waals surface area contributed by atoms with E-state index >= 15 is 0 Å². The van der Waals surface area contributed by atoms with Gasteiger partial charge in [-0.05, 0) is 36.4 Å². The molecule has 5 nitrogen and oxygen atoms in total. The lowest BCUT2D eigenvalue weighted by molar-refractivity contribution is 0.0696. The molecule has 0 aliphatic heterocycles. The molecule has 1 aromatic heterocycles. The predicted molar refractivity (Wildman–Crippen MR) is 70.6 cm³/mol. The molecule has 0 fully saturated rings. The summed E-state index contributed by atoms with van der Waals surface area (Å²) < 4.78 is 0. The van der Waals surface area contributed by atoms with E-state index in [4.69, 9.17) is 16.7 Å². The van der Waals surface area contributed by atoms with Crippen LogP contribution in [0.3, 0.4) is 0 Å². The number of halogens is 1. The molecular formula is C13H9ClN2O3. The quantitative estimate of drug-likeness (QED) is 0.903. The number of aromatic carboxylic acids is 1. The maximum atomic E-state index is 11.8. The second kappa shape index (κ2) is 5.49. The zero-order valence-electron chi connectivity index (χ0n) is 9.63. The maximum Gasteiger partial charge on any atom is 0.335 e. The van der Waals surface area contributed by atoms with Gasteiger partial charge in [-0.25, -0.2) is 9.78 Å². The molecule has 96 valence electrons. The minimum Gasteiger partial charge on any atom is -0.478 e. The van der Waals surface area contributed by atoms with Gasteiger partial charge in [-0.3, -0.25) is 4.79 Å². The van der Waals surface area contributed by atoms with Gasteiger partial charge >= 0.3 is 5.97 Å². The Labute approximate surface area is 113 Å². The maximum absolute atomic E-state index is 11.8. The second-order valence-corrected chi connectivity index (χ2v) is 4.13. The number of carboxylic acid groups (broad SMARTS) is 1. The molecule has 0 aliphatic carbocycles. The average molecular weight is 277 g/mol. The lowest BCUT2D eigenvalue weighted by Crippen LogP contribution is -2.13. The third-order valence-electron chi connectivity index (χ3n) is 2.36. The van der Waals surface area contributed by atoms with E-state index in [0.717, 1.165) is 0 Å². The van der Waals surface area contributed by atoms with Crippen LogP contribution in [-0.4, -0.2) is 22.0 Å². The Kier molecular flexibility index (Phi) is 3.77. The van der Waals surface area contributed by atoms with Gasteiger partial charge in [0.25, 0.3) is 5.91 Å². The number of benzene rings is 1. The van der Waals surface area contributed by atoms with Crippen molar-refractivity contribution in [1.29, 1.82) is 0 Å². The number of carbonyl (C=O) groups is 2. The van der Waals surface area contributed by atoms with Crippen LogP contribution < -0.4 is 5.32 Å². The van der Waals surface area contributed by atoms with Gasteiger partial charge in [-0.15, -0.1) is 0 Å². The predicted octanol–water partition coefficient (Wildman–Crippen LogP) is 2.69. The molecule has 2 rings (SSSR count). The van der Waals surface area contributed by atoms with Gasteiger partial charge < -0.3 is 10.4 Å². The highest BCUT2D eigenvalue weighted by Gasteiger charge is 2.08. The summed E-state index contributed by atoms with van der Waals surface area (Å²) in [6.45, 7) is 0. The van der Waals surface area contributed by atoms with Gasteiger partial charge in [0.05, 0.1) is 10.6 Å². The third kappa shape index (κ3) is 3.29. The molecule has 0 saturated carbocycles. The summed E-state index contributed by atoms with van der Waals surface area (Å²) in [6.07, 6.45) is 1.42. The first kappa shape index (κ1) is 13.0. The van der Waals surface area contributed by atoms with Gasteiger partial charge in [0, 0.05) is 11.8 Å². The molecule has 0 radical (unpaired) electrons. The molecule has 1 heterocycles. The fourth-order valence-electron chi connectivity index (χ4n) is 1.40. The zero-order valence-corrected chi connectivity index (χ0v) is 10.4. The SMILES string of the molecule is O=C(O)c1ccc(C(=O)Nc2ccc(Cl)cn2)cc1. The number of nitrogens with one attached hydrogen (secondary N) is 1. The van der Waals surface area contributed by atoms with Crippen LogP contribution in [-0.2, 0) is 0 Å². The van der Waals surface area contributed by atoms with Crippen molar-refractivity contribution in [1.82, 2.24) is 4.98 Å². The van der Waals surface area contributed by atoms with Gasteiger partial charge in [0.15, 0.2) is 0 Å². The monoisotopic (exact) mass is 276 g/mol. The van der Waals surface area contributed by atoms with Crippen LogP contribution in [0.15, 0.2) is 42.6 Å². The fraction of sp³-hybridized carbons (Fsp3) is 0. The largest absolute Gasteiger partial charge is 0.478 e. The van der Waals surface area contributed by atoms with Crippen molar-refractivity contribution < 1.29 is 14.7 Å². The van der Waals surface area contributed by atoms with Crippen LogP contribution in [0, 0.1) is 0 Å². The summed E-state index contributed by atoms with van der Waals surface area (Å²) in [5.74, 6) is -1.03. The van der Waals surface area contributed by atoms with Crippen molar-refractivity contribution in [3.05, 3.63) is 58.7 Å². The number of hydrogen-bond acceptors (Lipinski definition) is 3. The molecule has 0 atom stereocenters. The highest BCUT2D eigenvalue weighted by molar-refractivity contribution is 6.30. The Morgan fingerprint density at radius 2 is 1.68 bits per heavy atom. The molecule has 0 bridgehead atoms. The van der Waals surface area contributed by atoms with Crippen LogP contribution in [0.4, 0.5) is 5.82 Å². The third-order valence-corrected chi connectivity index (χ3v) is 2.59. The smallest absolute Gasteiger partial charge is 0.335 e. The number of rotatable bonds is 3. The van der Waals surface area contributed by atoms with Crippen molar-refractivity contribution in [3.63, 3.8) is 0 Å². The Bertz CT molecular complexity index is 609. The first-order valence-electron chi connectivity index (χ1n) is 5.32. The Hall–Kier alpha value is -2.40. The topological polar surface area (TPSA) is 79.3 Å². The van der Waals surface area contributed by atoms with E-state index in [1.54, 1.807) is 12.1 Å². The van der Waals surface area contributed by atoms with Crippen molar-refractivity contribution >= 4 is 29.3 Å². The van der Waals surface area contributed by atoms with E-state index in [-0.39, 0.29) is 11.5 Å². The first-order chi connectivity index (χ1) is 9.06. The highest BCUT2D eigenvalue weighted by atomic mass is 35.5. The van der Waals surface area contributed by atoms with E-state index in [0.29, 0.717) is 16.4 Å². The number of hydrogen-bond donors (Lipinski definition) is 2. The minimum atomic E-state index is -1.04. The number of carbonyl (C=O) groups excluding carboxylic acids is 1. The Morgan fingerprint density at radius 3 is 2.21 bits per heavy atom. The van der Waals surface area contributed by atoms with E-state index in [2.05, 4.69) is 10.3 Å². The Balaban J connectivity index is 2.11. The van der Waals surface area contributed by atoms with Crippen LogP contribution in [0.2, 0.25) is 5.02 Å². The number of pyridine rings is 1. The van der Waals surface area contributed by atoms with Gasteiger partial charge in [-0.1, -0.05) is 11.6 Å². The van der Waals surface area contributed by atoms with E-state index in [1.165, 1.54) is 30.5 Å². The lowest BCUT2D eigenvalue weighted by Gasteiger charge is -2.04. The molecular weight excluding hydrogens is 268 g/mol. The average Bonchev–Trinajstić information content (AvgIpc) is 2.41. The second-order valence-electron chi connectivity index (χ2n) is 3.70. The lowest BCUT2D eigenvalue weighted by atomic mass is 10.1. The number of carboxylic acids is 1.